The van der Waals surface area contributed by atoms with Crippen LogP contribution in [0, 0.1) is 5.82 Å². The highest BCUT2D eigenvalue weighted by atomic mass is 32.1. The zero-order valence-electron chi connectivity index (χ0n) is 21.6. The fraction of sp³-hybridized carbons (Fsp3) is 0.296. The highest BCUT2D eigenvalue weighted by Crippen LogP contribution is 2.29. The van der Waals surface area contributed by atoms with Gasteiger partial charge in [0.05, 0.1) is 7.11 Å². The quantitative estimate of drug-likeness (QED) is 0.343. The lowest BCUT2D eigenvalue weighted by Gasteiger charge is -2.33. The maximum absolute atomic E-state index is 13.8. The number of halogens is 1. The Kier molecular flexibility index (Phi) is 8.16. The van der Waals surface area contributed by atoms with Crippen LogP contribution in [-0.2, 0) is 22.7 Å². The summed E-state index contributed by atoms with van der Waals surface area (Å²) in [7, 11) is 1.58. The number of benzene rings is 2. The highest BCUT2D eigenvalue weighted by molar-refractivity contribution is 7.10. The number of hydrogen-bond donors (Lipinski definition) is 1. The number of methoxy groups -OCH3 is 1. The van der Waals surface area contributed by atoms with Gasteiger partial charge in [-0.15, -0.1) is 21.5 Å². The van der Waals surface area contributed by atoms with Gasteiger partial charge in [-0.25, -0.2) is 4.39 Å². The van der Waals surface area contributed by atoms with E-state index in [1.165, 1.54) is 45.3 Å². The first-order chi connectivity index (χ1) is 18.1. The molecule has 0 radical (unpaired) electrons. The van der Waals surface area contributed by atoms with Crippen LogP contribution in [0.4, 0.5) is 4.39 Å². The first-order valence-electron chi connectivity index (χ1n) is 11.9. The zero-order valence-corrected chi connectivity index (χ0v) is 22.4. The average molecular weight is 537 g/mol. The first-order valence-corrected chi connectivity index (χ1v) is 12.8. The minimum Gasteiger partial charge on any atom is -0.497 e. The van der Waals surface area contributed by atoms with Crippen molar-refractivity contribution in [2.24, 2.45) is 0 Å². The van der Waals surface area contributed by atoms with Gasteiger partial charge >= 0.3 is 0 Å². The van der Waals surface area contributed by atoms with Gasteiger partial charge < -0.3 is 15.0 Å². The predicted octanol–water partition coefficient (Wildman–Crippen LogP) is 4.23. The summed E-state index contributed by atoms with van der Waals surface area (Å²) < 4.78 is 18.6. The van der Waals surface area contributed by atoms with Crippen molar-refractivity contribution in [2.75, 3.05) is 7.11 Å². The second-order valence-electron chi connectivity index (χ2n) is 9.68. The zero-order chi connectivity index (χ0) is 27.3. The number of hydrogen-bond acceptors (Lipinski definition) is 7. The van der Waals surface area contributed by atoms with E-state index in [2.05, 4.69) is 20.7 Å². The van der Waals surface area contributed by atoms with Crippen LogP contribution in [0.2, 0.25) is 0 Å². The first kappa shape index (κ1) is 26.9. The minimum atomic E-state index is -0.871. The summed E-state index contributed by atoms with van der Waals surface area (Å²) in [6, 6.07) is 15.8. The van der Waals surface area contributed by atoms with Crippen LogP contribution >= 0.6 is 11.3 Å². The number of amides is 2. The molecule has 0 saturated heterocycles. The van der Waals surface area contributed by atoms with Crippen LogP contribution in [0.3, 0.4) is 0 Å². The predicted molar refractivity (Wildman–Crippen MR) is 142 cm³/mol. The number of nitrogens with zero attached hydrogens (tertiary/aromatic N) is 5. The normalized spacial score (nSPS) is 12.1. The molecule has 0 spiro atoms. The van der Waals surface area contributed by atoms with Crippen LogP contribution < -0.4 is 10.1 Å². The van der Waals surface area contributed by atoms with Gasteiger partial charge in [0.1, 0.15) is 24.2 Å². The molecule has 1 N–H and O–H groups in total. The van der Waals surface area contributed by atoms with E-state index in [4.69, 9.17) is 4.74 Å². The smallest absolute Gasteiger partial charge is 0.248 e. The number of carbonyl (C=O) groups is 2. The Hall–Kier alpha value is -4.12. The van der Waals surface area contributed by atoms with Crippen molar-refractivity contribution in [1.29, 1.82) is 0 Å². The van der Waals surface area contributed by atoms with Gasteiger partial charge in [0.15, 0.2) is 0 Å². The molecule has 1 atom stereocenters. The topological polar surface area (TPSA) is 102 Å². The third-order valence-electron chi connectivity index (χ3n) is 5.54. The van der Waals surface area contributed by atoms with Crippen molar-refractivity contribution in [3.05, 3.63) is 82.3 Å². The van der Waals surface area contributed by atoms with Gasteiger partial charge in [-0.05, 0) is 79.4 Å². The Morgan fingerprint density at radius 3 is 2.42 bits per heavy atom. The number of ether oxygens (including phenoxy) is 1. The maximum Gasteiger partial charge on any atom is 0.248 e. The SMILES string of the molecule is COc1ccc(CN(C(=O)Cn2nnc(-c3ccc(F)cc3)n2)C(C(=O)NC(C)(C)C)c2cccs2)cc1. The van der Waals surface area contributed by atoms with Crippen molar-refractivity contribution in [2.45, 2.75) is 45.4 Å². The third kappa shape index (κ3) is 6.80. The molecule has 4 rings (SSSR count). The van der Waals surface area contributed by atoms with E-state index in [1.54, 1.807) is 19.2 Å². The van der Waals surface area contributed by atoms with Crippen LogP contribution in [0.25, 0.3) is 11.4 Å². The summed E-state index contributed by atoms with van der Waals surface area (Å²) in [5.41, 5.74) is 0.892. The molecule has 0 saturated carbocycles. The number of rotatable bonds is 9. The Bertz CT molecular complexity index is 1370. The number of carbonyl (C=O) groups excluding carboxylic acids is 2. The van der Waals surface area contributed by atoms with Gasteiger partial charge in [-0.2, -0.15) is 4.80 Å². The molecular formula is C27H29FN6O3S. The van der Waals surface area contributed by atoms with Gasteiger partial charge in [-0.3, -0.25) is 9.59 Å². The molecule has 2 amide bonds. The number of tetrazole rings is 1. The molecule has 0 aliphatic heterocycles. The van der Waals surface area contributed by atoms with Crippen molar-refractivity contribution in [3.63, 3.8) is 0 Å². The summed E-state index contributed by atoms with van der Waals surface area (Å²) in [4.78, 5) is 30.8. The molecule has 0 aliphatic carbocycles. The summed E-state index contributed by atoms with van der Waals surface area (Å²) in [6.07, 6.45) is 0. The van der Waals surface area contributed by atoms with Crippen LogP contribution in [0.1, 0.15) is 37.3 Å². The van der Waals surface area contributed by atoms with E-state index in [-0.39, 0.29) is 36.5 Å². The van der Waals surface area contributed by atoms with Crippen LogP contribution in [0.15, 0.2) is 66.0 Å². The van der Waals surface area contributed by atoms with Crippen LogP contribution in [-0.4, -0.2) is 49.6 Å². The molecular weight excluding hydrogens is 507 g/mol. The van der Waals surface area contributed by atoms with Gasteiger partial charge in [0, 0.05) is 22.5 Å². The van der Waals surface area contributed by atoms with E-state index < -0.39 is 11.6 Å². The van der Waals surface area contributed by atoms with Gasteiger partial charge in [-0.1, -0.05) is 18.2 Å². The van der Waals surface area contributed by atoms with Gasteiger partial charge in [0.25, 0.3) is 0 Å². The Labute approximate surface area is 224 Å². The monoisotopic (exact) mass is 536 g/mol. The molecule has 9 nitrogen and oxygen atoms in total. The number of nitrogens with one attached hydrogen (secondary N) is 1. The second-order valence-corrected chi connectivity index (χ2v) is 10.7. The summed E-state index contributed by atoms with van der Waals surface area (Å²) >= 11 is 1.40. The average Bonchev–Trinajstić information content (AvgIpc) is 3.56. The molecule has 0 fully saturated rings. The molecule has 11 heteroatoms. The highest BCUT2D eigenvalue weighted by Gasteiger charge is 2.34. The van der Waals surface area contributed by atoms with E-state index in [1.807, 2.05) is 50.4 Å². The molecule has 0 bridgehead atoms. The molecule has 2 heterocycles. The van der Waals surface area contributed by atoms with Crippen molar-refractivity contribution in [3.8, 4) is 17.1 Å². The molecule has 198 valence electrons. The molecule has 1 unspecified atom stereocenters. The Morgan fingerprint density at radius 2 is 1.82 bits per heavy atom. The summed E-state index contributed by atoms with van der Waals surface area (Å²) in [5, 5.41) is 17.2. The van der Waals surface area contributed by atoms with Crippen molar-refractivity contribution >= 4 is 23.2 Å². The fourth-order valence-corrected chi connectivity index (χ4v) is 4.63. The number of thiophene rings is 1. The maximum atomic E-state index is 13.8. The Balaban J connectivity index is 1.65. The number of aromatic nitrogens is 4. The minimum absolute atomic E-state index is 0.169. The lowest BCUT2D eigenvalue weighted by Crippen LogP contribution is -2.49. The van der Waals surface area contributed by atoms with E-state index >= 15 is 0 Å². The van der Waals surface area contributed by atoms with Crippen LogP contribution in [0.5, 0.6) is 5.75 Å². The Morgan fingerprint density at radius 1 is 1.11 bits per heavy atom. The molecule has 4 aromatic rings. The van der Waals surface area contributed by atoms with Crippen molar-refractivity contribution < 1.29 is 18.7 Å². The molecule has 2 aromatic carbocycles. The molecule has 0 aliphatic rings. The lowest BCUT2D eigenvalue weighted by molar-refractivity contribution is -0.143. The summed E-state index contributed by atoms with van der Waals surface area (Å²) in [5.74, 6) is -0.0859. The second kappa shape index (κ2) is 11.5. The fourth-order valence-electron chi connectivity index (χ4n) is 3.80. The van der Waals surface area contributed by atoms with Gasteiger partial charge in [0.2, 0.25) is 17.6 Å². The van der Waals surface area contributed by atoms with E-state index in [9.17, 15) is 14.0 Å². The van der Waals surface area contributed by atoms with Crippen molar-refractivity contribution in [1.82, 2.24) is 30.4 Å². The molecule has 38 heavy (non-hydrogen) atoms. The standard InChI is InChI=1S/C27H29FN6O3S/c1-27(2,3)29-26(36)24(22-6-5-15-38-22)33(16-18-7-13-21(37-4)14-8-18)23(35)17-34-31-25(30-32-34)19-9-11-20(28)12-10-19/h5-15,24H,16-17H2,1-4H3,(H,29,36). The molecule has 2 aromatic heterocycles. The third-order valence-corrected chi connectivity index (χ3v) is 6.46. The summed E-state index contributed by atoms with van der Waals surface area (Å²) in [6.45, 7) is 5.60. The van der Waals surface area contributed by atoms with E-state index in [0.717, 1.165) is 10.4 Å². The van der Waals surface area contributed by atoms with E-state index in [0.29, 0.717) is 11.3 Å². The lowest BCUT2D eigenvalue weighted by atomic mass is 10.1. The largest absolute Gasteiger partial charge is 0.497 e.